The Bertz CT molecular complexity index is 532. The molecular weight excluding hydrogens is 288 g/mol. The van der Waals surface area contributed by atoms with Crippen LogP contribution in [-0.2, 0) is 14.3 Å². The van der Waals surface area contributed by atoms with E-state index in [0.29, 0.717) is 5.56 Å². The Morgan fingerprint density at radius 1 is 1.19 bits per heavy atom. The topological polar surface area (TPSA) is 60.4 Å². The third kappa shape index (κ3) is 6.40. The predicted octanol–water partition coefficient (Wildman–Crippen LogP) is 3.12. The highest BCUT2D eigenvalue weighted by atomic mass is 32.2. The molecule has 0 unspecified atom stereocenters. The van der Waals surface area contributed by atoms with Crippen LogP contribution in [0.4, 0.5) is 0 Å². The maximum Gasteiger partial charge on any atom is 0.379 e. The van der Waals surface area contributed by atoms with Crippen molar-refractivity contribution in [2.45, 2.75) is 20.3 Å². The molecule has 1 aromatic rings. The van der Waals surface area contributed by atoms with Gasteiger partial charge in [-0.2, -0.15) is 0 Å². The van der Waals surface area contributed by atoms with Gasteiger partial charge in [0.05, 0.1) is 6.61 Å². The number of hydrogen-bond donors (Lipinski definition) is 0. The number of rotatable bonds is 7. The van der Waals surface area contributed by atoms with Crippen molar-refractivity contribution < 1.29 is 19.1 Å². The quantitative estimate of drug-likeness (QED) is 0.335. The summed E-state index contributed by atoms with van der Waals surface area (Å²) in [4.78, 5) is 33.7. The average Bonchev–Trinajstić information content (AvgIpc) is 2.46. The van der Waals surface area contributed by atoms with Crippen molar-refractivity contribution in [3.05, 3.63) is 41.5 Å². The monoisotopic (exact) mass is 306 g/mol. The number of esters is 1. The van der Waals surface area contributed by atoms with Gasteiger partial charge in [-0.05, 0) is 18.9 Å². The van der Waals surface area contributed by atoms with E-state index in [4.69, 9.17) is 0 Å². The van der Waals surface area contributed by atoms with Crippen molar-refractivity contribution in [1.82, 2.24) is 0 Å². The zero-order valence-corrected chi connectivity index (χ0v) is 12.9. The number of carbonyl (C=O) groups excluding carboxylic acids is 3. The highest BCUT2D eigenvalue weighted by molar-refractivity contribution is 8.13. The Hall–Kier alpha value is -1.88. The van der Waals surface area contributed by atoms with E-state index in [9.17, 15) is 14.4 Å². The molecule has 5 heteroatoms. The van der Waals surface area contributed by atoms with Crippen LogP contribution in [-0.4, -0.2) is 29.2 Å². The van der Waals surface area contributed by atoms with Crippen LogP contribution in [0.3, 0.4) is 0 Å². The van der Waals surface area contributed by atoms with Gasteiger partial charge >= 0.3 is 5.97 Å². The Kier molecular flexibility index (Phi) is 7.46. The van der Waals surface area contributed by atoms with Crippen LogP contribution in [0.5, 0.6) is 0 Å². The van der Waals surface area contributed by atoms with Crippen LogP contribution in [0.25, 0.3) is 6.08 Å². The SMILES string of the molecule is CCOC(=O)C(=O)c1ccc(C=CCCSC(C)=O)cc1. The number of ether oxygens (including phenoxy) is 1. The summed E-state index contributed by atoms with van der Waals surface area (Å²) in [5, 5.41) is 0.116. The van der Waals surface area contributed by atoms with Gasteiger partial charge in [0.25, 0.3) is 5.78 Å². The molecule has 0 aromatic heterocycles. The maximum atomic E-state index is 11.7. The third-order valence-electron chi connectivity index (χ3n) is 2.53. The summed E-state index contributed by atoms with van der Waals surface area (Å²) in [7, 11) is 0. The molecule has 0 saturated heterocycles. The minimum absolute atomic E-state index is 0.116. The summed E-state index contributed by atoms with van der Waals surface area (Å²) >= 11 is 1.29. The number of ketones is 1. The van der Waals surface area contributed by atoms with Gasteiger partial charge in [-0.3, -0.25) is 9.59 Å². The highest BCUT2D eigenvalue weighted by Crippen LogP contribution is 2.10. The van der Waals surface area contributed by atoms with E-state index in [1.165, 1.54) is 11.8 Å². The molecule has 0 bridgehead atoms. The van der Waals surface area contributed by atoms with Crippen molar-refractivity contribution >= 4 is 34.7 Å². The molecule has 1 aromatic carbocycles. The molecule has 112 valence electrons. The van der Waals surface area contributed by atoms with Crippen LogP contribution in [0.2, 0.25) is 0 Å². The van der Waals surface area contributed by atoms with Gasteiger partial charge < -0.3 is 4.74 Å². The van der Waals surface area contributed by atoms with Crippen molar-refractivity contribution in [3.63, 3.8) is 0 Å². The van der Waals surface area contributed by atoms with Gasteiger partial charge in [-0.25, -0.2) is 4.79 Å². The molecule has 0 aliphatic rings. The molecular formula is C16H18O4S. The summed E-state index contributed by atoms with van der Waals surface area (Å²) in [5.41, 5.74) is 1.25. The molecule has 0 aliphatic heterocycles. The lowest BCUT2D eigenvalue weighted by atomic mass is 10.1. The van der Waals surface area contributed by atoms with Gasteiger partial charge in [0, 0.05) is 18.2 Å². The fraction of sp³-hybridized carbons (Fsp3) is 0.312. The normalized spacial score (nSPS) is 10.6. The van der Waals surface area contributed by atoms with Crippen molar-refractivity contribution in [2.75, 3.05) is 12.4 Å². The van der Waals surface area contributed by atoms with Gasteiger partial charge in [-0.15, -0.1) is 0 Å². The number of allylic oxidation sites excluding steroid dienone is 1. The first-order valence-corrected chi connectivity index (χ1v) is 7.64. The standard InChI is InChI=1S/C16H18O4S/c1-3-20-16(19)15(18)14-9-7-13(8-10-14)6-4-5-11-21-12(2)17/h4,6-10H,3,5,11H2,1-2H3. The Morgan fingerprint density at radius 2 is 1.86 bits per heavy atom. The molecule has 0 spiro atoms. The Morgan fingerprint density at radius 3 is 2.43 bits per heavy atom. The van der Waals surface area contributed by atoms with Crippen LogP contribution >= 0.6 is 11.8 Å². The molecule has 0 radical (unpaired) electrons. The zero-order valence-electron chi connectivity index (χ0n) is 12.1. The van der Waals surface area contributed by atoms with Gasteiger partial charge in [0.1, 0.15) is 0 Å². The lowest BCUT2D eigenvalue weighted by Gasteiger charge is -2.01. The van der Waals surface area contributed by atoms with E-state index in [1.807, 2.05) is 12.2 Å². The van der Waals surface area contributed by atoms with E-state index in [-0.39, 0.29) is 11.7 Å². The molecule has 0 heterocycles. The predicted molar refractivity (Wildman–Crippen MR) is 84.2 cm³/mol. The van der Waals surface area contributed by atoms with Gasteiger partial charge in [0.2, 0.25) is 0 Å². The minimum Gasteiger partial charge on any atom is -0.460 e. The minimum atomic E-state index is -0.831. The lowest BCUT2D eigenvalue weighted by molar-refractivity contribution is -0.137. The second-order valence-corrected chi connectivity index (χ2v) is 5.47. The summed E-state index contributed by atoms with van der Waals surface area (Å²) < 4.78 is 4.67. The average molecular weight is 306 g/mol. The van der Waals surface area contributed by atoms with Crippen molar-refractivity contribution in [3.8, 4) is 0 Å². The van der Waals surface area contributed by atoms with Crippen LogP contribution < -0.4 is 0 Å². The second kappa shape index (κ2) is 9.13. The first-order chi connectivity index (χ1) is 10.0. The van der Waals surface area contributed by atoms with Crippen molar-refractivity contribution in [1.29, 1.82) is 0 Å². The smallest absolute Gasteiger partial charge is 0.379 e. The van der Waals surface area contributed by atoms with E-state index < -0.39 is 11.8 Å². The van der Waals surface area contributed by atoms with Crippen LogP contribution in [0, 0.1) is 0 Å². The first kappa shape index (κ1) is 17.2. The summed E-state index contributed by atoms with van der Waals surface area (Å²) in [6.45, 7) is 3.39. The third-order valence-corrected chi connectivity index (χ3v) is 3.38. The maximum absolute atomic E-state index is 11.7. The number of thioether (sulfide) groups is 1. The first-order valence-electron chi connectivity index (χ1n) is 6.66. The van der Waals surface area contributed by atoms with Crippen LogP contribution in [0.1, 0.15) is 36.2 Å². The van der Waals surface area contributed by atoms with E-state index in [0.717, 1.165) is 17.7 Å². The van der Waals surface area contributed by atoms with Gasteiger partial charge in [-0.1, -0.05) is 48.2 Å². The number of benzene rings is 1. The fourth-order valence-corrected chi connectivity index (χ4v) is 2.09. The second-order valence-electron chi connectivity index (χ2n) is 4.20. The zero-order chi connectivity index (χ0) is 15.7. The molecule has 0 atom stereocenters. The number of Topliss-reactive ketones (excluding diaryl/α,β-unsaturated/α-hetero) is 1. The Labute approximate surface area is 128 Å². The molecule has 0 aliphatic carbocycles. The number of hydrogen-bond acceptors (Lipinski definition) is 5. The molecule has 0 saturated carbocycles. The van der Waals surface area contributed by atoms with E-state index >= 15 is 0 Å². The summed E-state index contributed by atoms with van der Waals surface area (Å²) in [5.74, 6) is -0.710. The molecule has 21 heavy (non-hydrogen) atoms. The lowest BCUT2D eigenvalue weighted by Crippen LogP contribution is -2.17. The largest absolute Gasteiger partial charge is 0.460 e. The van der Waals surface area contributed by atoms with Gasteiger partial charge in [0.15, 0.2) is 5.12 Å². The summed E-state index contributed by atoms with van der Waals surface area (Å²) in [6, 6.07) is 6.73. The van der Waals surface area contributed by atoms with Crippen LogP contribution in [0.15, 0.2) is 30.3 Å². The van der Waals surface area contributed by atoms with E-state index in [1.54, 1.807) is 38.1 Å². The molecule has 1 rings (SSSR count). The highest BCUT2D eigenvalue weighted by Gasteiger charge is 2.16. The number of carbonyl (C=O) groups is 3. The summed E-state index contributed by atoms with van der Waals surface area (Å²) in [6.07, 6.45) is 4.69. The molecule has 0 fully saturated rings. The molecule has 0 N–H and O–H groups in total. The molecule has 0 amide bonds. The molecule has 4 nitrogen and oxygen atoms in total. The van der Waals surface area contributed by atoms with E-state index in [2.05, 4.69) is 4.74 Å². The van der Waals surface area contributed by atoms with Crippen molar-refractivity contribution in [2.24, 2.45) is 0 Å². The fourth-order valence-electron chi connectivity index (χ4n) is 1.55. The Balaban J connectivity index is 2.54.